The molecule has 0 saturated carbocycles. The van der Waals surface area contributed by atoms with Crippen LogP contribution in [0, 0.1) is 0 Å². The molecule has 0 amide bonds. The Balaban J connectivity index is 2.32. The van der Waals surface area contributed by atoms with Gasteiger partial charge in [0.1, 0.15) is 11.5 Å². The van der Waals surface area contributed by atoms with E-state index in [4.69, 9.17) is 9.47 Å². The monoisotopic (exact) mass is 297 g/mol. The predicted octanol–water partition coefficient (Wildman–Crippen LogP) is 3.81. The molecule has 0 fully saturated rings. The van der Waals surface area contributed by atoms with Crippen LogP contribution < -0.4 is 9.47 Å². The fourth-order valence-electron chi connectivity index (χ4n) is 2.27. The van der Waals surface area contributed by atoms with E-state index < -0.39 is 0 Å². The van der Waals surface area contributed by atoms with Gasteiger partial charge in [-0.25, -0.2) is 0 Å². The fraction of sp³-hybridized carbons (Fsp3) is 0.263. The molecule has 0 N–H and O–H groups in total. The van der Waals surface area contributed by atoms with Gasteiger partial charge in [-0.1, -0.05) is 24.3 Å². The zero-order valence-corrected chi connectivity index (χ0v) is 13.7. The quantitative estimate of drug-likeness (QED) is 0.757. The summed E-state index contributed by atoms with van der Waals surface area (Å²) in [5.74, 6) is 1.74. The molecule has 3 heteroatoms. The Bertz CT molecular complexity index is 613. The van der Waals surface area contributed by atoms with Gasteiger partial charge in [0.05, 0.1) is 14.2 Å². The first-order valence-electron chi connectivity index (χ1n) is 7.26. The predicted molar refractivity (Wildman–Crippen MR) is 92.4 cm³/mol. The van der Waals surface area contributed by atoms with Crippen molar-refractivity contribution in [1.82, 2.24) is 4.90 Å². The van der Waals surface area contributed by atoms with Gasteiger partial charge in [-0.15, -0.1) is 0 Å². The standard InChI is InChI=1S/C19H23NO2/c1-20(2)14-17(16-7-11-19(22-4)12-8-16)13-15-5-9-18(21-3)10-6-15/h5-13H,14H2,1-4H3. The van der Waals surface area contributed by atoms with Crippen LogP contribution in [0.1, 0.15) is 11.1 Å². The first-order chi connectivity index (χ1) is 10.6. The first kappa shape index (κ1) is 16.1. The normalized spacial score (nSPS) is 11.6. The van der Waals surface area contributed by atoms with Crippen molar-refractivity contribution in [3.05, 3.63) is 59.7 Å². The summed E-state index contributed by atoms with van der Waals surface area (Å²) in [5, 5.41) is 0. The molecule has 0 heterocycles. The van der Waals surface area contributed by atoms with E-state index in [1.54, 1.807) is 14.2 Å². The number of nitrogens with zero attached hydrogens (tertiary/aromatic N) is 1. The van der Waals surface area contributed by atoms with E-state index in [2.05, 4.69) is 49.3 Å². The van der Waals surface area contributed by atoms with Gasteiger partial charge in [0.25, 0.3) is 0 Å². The van der Waals surface area contributed by atoms with Crippen molar-refractivity contribution in [2.75, 3.05) is 34.9 Å². The highest BCUT2D eigenvalue weighted by molar-refractivity contribution is 5.82. The molecule has 2 aromatic carbocycles. The van der Waals surface area contributed by atoms with Crippen molar-refractivity contribution >= 4 is 11.6 Å². The van der Waals surface area contributed by atoms with Crippen molar-refractivity contribution < 1.29 is 9.47 Å². The molecule has 0 aliphatic carbocycles. The molecule has 0 aromatic heterocycles. The largest absolute Gasteiger partial charge is 0.497 e. The molecule has 22 heavy (non-hydrogen) atoms. The summed E-state index contributed by atoms with van der Waals surface area (Å²) >= 11 is 0. The van der Waals surface area contributed by atoms with Gasteiger partial charge in [-0.3, -0.25) is 0 Å². The molecule has 0 bridgehead atoms. The SMILES string of the molecule is COc1ccc(C=C(CN(C)C)c2ccc(OC)cc2)cc1. The summed E-state index contributed by atoms with van der Waals surface area (Å²) in [7, 11) is 7.51. The lowest BCUT2D eigenvalue weighted by Gasteiger charge is -2.15. The average Bonchev–Trinajstić information content (AvgIpc) is 2.54. The Morgan fingerprint density at radius 2 is 1.36 bits per heavy atom. The van der Waals surface area contributed by atoms with Crippen LogP contribution >= 0.6 is 0 Å². The maximum atomic E-state index is 5.23. The number of hydrogen-bond donors (Lipinski definition) is 0. The van der Waals surface area contributed by atoms with E-state index in [1.807, 2.05) is 24.3 Å². The molecule has 3 nitrogen and oxygen atoms in total. The lowest BCUT2D eigenvalue weighted by atomic mass is 10.0. The van der Waals surface area contributed by atoms with Crippen LogP contribution in [0.5, 0.6) is 11.5 Å². The Morgan fingerprint density at radius 1 is 0.864 bits per heavy atom. The highest BCUT2D eigenvalue weighted by atomic mass is 16.5. The van der Waals surface area contributed by atoms with Gasteiger partial charge in [-0.05, 0) is 61.1 Å². The van der Waals surface area contributed by atoms with Crippen LogP contribution in [0.4, 0.5) is 0 Å². The van der Waals surface area contributed by atoms with Crippen LogP contribution in [0.3, 0.4) is 0 Å². The fourth-order valence-corrected chi connectivity index (χ4v) is 2.27. The maximum absolute atomic E-state index is 5.23. The number of methoxy groups -OCH3 is 2. The van der Waals surface area contributed by atoms with Crippen molar-refractivity contribution in [3.63, 3.8) is 0 Å². The number of likely N-dealkylation sites (N-methyl/N-ethyl adjacent to an activating group) is 1. The Labute approximate surface area is 132 Å². The second-order valence-corrected chi connectivity index (χ2v) is 5.41. The summed E-state index contributed by atoms with van der Waals surface area (Å²) in [5.41, 5.74) is 3.62. The van der Waals surface area contributed by atoms with Crippen LogP contribution in [0.15, 0.2) is 48.5 Å². The summed E-state index contributed by atoms with van der Waals surface area (Å²) in [6, 6.07) is 16.3. The topological polar surface area (TPSA) is 21.7 Å². The molecule has 2 rings (SSSR count). The number of hydrogen-bond acceptors (Lipinski definition) is 3. The molecule has 0 spiro atoms. The minimum atomic E-state index is 0.871. The van der Waals surface area contributed by atoms with E-state index >= 15 is 0 Å². The van der Waals surface area contributed by atoms with E-state index in [1.165, 1.54) is 11.1 Å². The van der Waals surface area contributed by atoms with Crippen molar-refractivity contribution in [2.45, 2.75) is 0 Å². The maximum Gasteiger partial charge on any atom is 0.118 e. The van der Waals surface area contributed by atoms with Gasteiger partial charge in [0, 0.05) is 6.54 Å². The minimum absolute atomic E-state index is 0.871. The highest BCUT2D eigenvalue weighted by Gasteiger charge is 2.05. The third-order valence-electron chi connectivity index (χ3n) is 3.40. The Hall–Kier alpha value is -2.26. The molecule has 2 aromatic rings. The minimum Gasteiger partial charge on any atom is -0.497 e. The molecule has 0 aliphatic rings. The number of benzene rings is 2. The molecule has 0 unspecified atom stereocenters. The van der Waals surface area contributed by atoms with Crippen molar-refractivity contribution in [3.8, 4) is 11.5 Å². The van der Waals surface area contributed by atoms with Gasteiger partial charge in [0.2, 0.25) is 0 Å². The van der Waals surface area contributed by atoms with Crippen LogP contribution in [0.2, 0.25) is 0 Å². The Morgan fingerprint density at radius 3 is 1.82 bits per heavy atom. The average molecular weight is 297 g/mol. The molecule has 116 valence electrons. The third kappa shape index (κ3) is 4.37. The summed E-state index contributed by atoms with van der Waals surface area (Å²) in [6.45, 7) is 0.873. The lowest BCUT2D eigenvalue weighted by molar-refractivity contribution is 0.414. The zero-order valence-electron chi connectivity index (χ0n) is 13.7. The second-order valence-electron chi connectivity index (χ2n) is 5.41. The van der Waals surface area contributed by atoms with Crippen molar-refractivity contribution in [2.24, 2.45) is 0 Å². The van der Waals surface area contributed by atoms with E-state index in [0.29, 0.717) is 0 Å². The molecule has 0 radical (unpaired) electrons. The van der Waals surface area contributed by atoms with Crippen LogP contribution in [-0.4, -0.2) is 39.8 Å². The highest BCUT2D eigenvalue weighted by Crippen LogP contribution is 2.22. The molecular weight excluding hydrogens is 274 g/mol. The smallest absolute Gasteiger partial charge is 0.118 e. The van der Waals surface area contributed by atoms with Gasteiger partial charge >= 0.3 is 0 Å². The molecule has 0 aliphatic heterocycles. The summed E-state index contributed by atoms with van der Waals surface area (Å²) < 4.78 is 10.4. The summed E-state index contributed by atoms with van der Waals surface area (Å²) in [6.07, 6.45) is 2.21. The van der Waals surface area contributed by atoms with Gasteiger partial charge in [0.15, 0.2) is 0 Å². The third-order valence-corrected chi connectivity index (χ3v) is 3.40. The number of rotatable bonds is 6. The van der Waals surface area contributed by atoms with Crippen LogP contribution in [0.25, 0.3) is 11.6 Å². The molecule has 0 saturated heterocycles. The van der Waals surface area contributed by atoms with E-state index in [0.717, 1.165) is 23.6 Å². The number of ether oxygens (including phenoxy) is 2. The lowest BCUT2D eigenvalue weighted by Crippen LogP contribution is -2.14. The van der Waals surface area contributed by atoms with Gasteiger partial charge in [-0.2, -0.15) is 0 Å². The van der Waals surface area contributed by atoms with E-state index in [9.17, 15) is 0 Å². The van der Waals surface area contributed by atoms with Crippen LogP contribution in [-0.2, 0) is 0 Å². The van der Waals surface area contributed by atoms with Gasteiger partial charge < -0.3 is 14.4 Å². The molecular formula is C19H23NO2. The van der Waals surface area contributed by atoms with E-state index in [-0.39, 0.29) is 0 Å². The molecule has 0 atom stereocenters. The first-order valence-corrected chi connectivity index (χ1v) is 7.26. The Kier molecular flexibility index (Phi) is 5.61. The summed E-state index contributed by atoms with van der Waals surface area (Å²) in [4.78, 5) is 2.17. The zero-order chi connectivity index (χ0) is 15.9. The van der Waals surface area contributed by atoms with Crippen molar-refractivity contribution in [1.29, 1.82) is 0 Å². The second kappa shape index (κ2) is 7.66.